The first-order valence-electron chi connectivity index (χ1n) is 5.15. The molecule has 0 spiro atoms. The molecular formula is C10H14Cl4N2Pd-2. The molecule has 7 heteroatoms. The minimum atomic E-state index is -2.81. The van der Waals surface area contributed by atoms with Gasteiger partial charge in [0, 0.05) is 0 Å². The van der Waals surface area contributed by atoms with E-state index in [4.69, 9.17) is 38.1 Å². The Kier molecular flexibility index (Phi) is 7.85. The van der Waals surface area contributed by atoms with E-state index in [1.807, 2.05) is 0 Å². The van der Waals surface area contributed by atoms with Crippen LogP contribution < -0.4 is 0 Å². The normalized spacial score (nSPS) is 25.2. The van der Waals surface area contributed by atoms with E-state index in [0.29, 0.717) is 6.04 Å². The molecule has 1 unspecified atom stereocenters. The van der Waals surface area contributed by atoms with E-state index < -0.39 is 11.5 Å². The van der Waals surface area contributed by atoms with Crippen LogP contribution in [0.1, 0.15) is 19.3 Å². The van der Waals surface area contributed by atoms with Crippen LogP contribution in [0.5, 0.6) is 0 Å². The van der Waals surface area contributed by atoms with Gasteiger partial charge in [0.05, 0.1) is 0 Å². The average Bonchev–Trinajstić information content (AvgIpc) is 2.29. The molecule has 1 saturated heterocycles. The van der Waals surface area contributed by atoms with E-state index in [0.717, 1.165) is 13.1 Å². The molecule has 0 N–H and O–H groups in total. The van der Waals surface area contributed by atoms with Crippen molar-refractivity contribution in [3.05, 3.63) is 34.6 Å². The van der Waals surface area contributed by atoms with E-state index in [9.17, 15) is 0 Å². The van der Waals surface area contributed by atoms with Gasteiger partial charge in [-0.25, -0.2) is 0 Å². The average molecular weight is 410 g/mol. The zero-order valence-electron chi connectivity index (χ0n) is 9.07. The number of hydrogen-bond acceptors (Lipinski definition) is 0. The fourth-order valence-corrected chi connectivity index (χ4v) is 1.68. The van der Waals surface area contributed by atoms with Gasteiger partial charge in [0.15, 0.2) is 0 Å². The second kappa shape index (κ2) is 8.28. The van der Waals surface area contributed by atoms with Crippen molar-refractivity contribution in [2.75, 3.05) is 13.1 Å². The molecule has 0 radical (unpaired) electrons. The Hall–Kier alpha value is 1.06. The van der Waals surface area contributed by atoms with Crippen molar-refractivity contribution in [1.82, 2.24) is 0 Å². The third-order valence-electron chi connectivity index (χ3n) is 2.36. The maximum atomic E-state index is 4.98. The van der Waals surface area contributed by atoms with Gasteiger partial charge in [0.25, 0.3) is 0 Å². The number of allylic oxidation sites excluding steroid dienone is 2. The molecule has 2 nitrogen and oxygen atoms in total. The summed E-state index contributed by atoms with van der Waals surface area (Å²) in [6, 6.07) is 0.406. The molecule has 2 aliphatic rings. The quantitative estimate of drug-likeness (QED) is 0.511. The molecule has 2 rings (SSSR count). The van der Waals surface area contributed by atoms with Crippen molar-refractivity contribution in [1.29, 1.82) is 0 Å². The van der Waals surface area contributed by atoms with E-state index in [2.05, 4.69) is 28.9 Å². The van der Waals surface area contributed by atoms with Crippen LogP contribution >= 0.6 is 38.1 Å². The van der Waals surface area contributed by atoms with Gasteiger partial charge in [-0.3, -0.25) is 0 Å². The summed E-state index contributed by atoms with van der Waals surface area (Å²) in [4.78, 5) is 0. The van der Waals surface area contributed by atoms with E-state index >= 15 is 0 Å². The second-order valence-corrected chi connectivity index (χ2v) is 17.7. The molecule has 0 amide bonds. The van der Waals surface area contributed by atoms with Gasteiger partial charge in [-0.1, -0.05) is 31.4 Å². The Balaban J connectivity index is 0.000000249. The van der Waals surface area contributed by atoms with Gasteiger partial charge in [0.2, 0.25) is 0 Å². The molecular weight excluding hydrogens is 396 g/mol. The van der Waals surface area contributed by atoms with Crippen LogP contribution in [0.15, 0.2) is 23.9 Å². The summed E-state index contributed by atoms with van der Waals surface area (Å²) in [6.07, 6.45) is 10.0. The number of halogens is 4. The Labute approximate surface area is 122 Å². The Morgan fingerprint density at radius 2 is 1.88 bits per heavy atom. The SMILES string of the molecule is C1=CC[N-]C(C2CCCC[N-]2)=C1.[Cl][Pd]([Cl])([Cl])[Cl]. The third kappa shape index (κ3) is 8.73. The molecule has 0 saturated carbocycles. The van der Waals surface area contributed by atoms with Gasteiger partial charge in [-0.2, -0.15) is 5.70 Å². The fourth-order valence-electron chi connectivity index (χ4n) is 1.68. The van der Waals surface area contributed by atoms with Crippen LogP contribution in [0, 0.1) is 0 Å². The van der Waals surface area contributed by atoms with Crippen LogP contribution in [0.4, 0.5) is 0 Å². The molecule has 17 heavy (non-hydrogen) atoms. The van der Waals surface area contributed by atoms with Crippen LogP contribution in [-0.4, -0.2) is 19.1 Å². The summed E-state index contributed by atoms with van der Waals surface area (Å²) < 4.78 is 0. The summed E-state index contributed by atoms with van der Waals surface area (Å²) >= 11 is -2.81. The predicted octanol–water partition coefficient (Wildman–Crippen LogP) is 5.50. The standard InChI is InChI=1S/C10H14N2.4ClH.Pd/c1-3-7-11-9(5-1)10-6-2-4-8-12-10;;;;;/h1,3,5,10H,2,4,6-8H2;4*1H;/q-2;;;;;+4/p-4. The van der Waals surface area contributed by atoms with Gasteiger partial charge in [0.1, 0.15) is 0 Å². The fraction of sp³-hybridized carbons (Fsp3) is 0.600. The van der Waals surface area contributed by atoms with E-state index in [-0.39, 0.29) is 0 Å². The first kappa shape index (κ1) is 16.1. The molecule has 0 aromatic carbocycles. The first-order valence-corrected chi connectivity index (χ1v) is 13.2. The van der Waals surface area contributed by atoms with Crippen molar-refractivity contribution in [2.45, 2.75) is 25.3 Å². The summed E-state index contributed by atoms with van der Waals surface area (Å²) in [6.45, 7) is 1.87. The molecule has 1 fully saturated rings. The van der Waals surface area contributed by atoms with E-state index in [1.54, 1.807) is 0 Å². The number of rotatable bonds is 1. The van der Waals surface area contributed by atoms with Crippen molar-refractivity contribution < 1.29 is 11.5 Å². The summed E-state index contributed by atoms with van der Waals surface area (Å²) in [5, 5.41) is 8.99. The number of piperidine rings is 1. The monoisotopic (exact) mass is 408 g/mol. The zero-order valence-corrected chi connectivity index (χ0v) is 13.6. The van der Waals surface area contributed by atoms with Crippen molar-refractivity contribution in [3.63, 3.8) is 0 Å². The zero-order chi connectivity index (χ0) is 12.7. The summed E-state index contributed by atoms with van der Waals surface area (Å²) in [5.74, 6) is 0. The summed E-state index contributed by atoms with van der Waals surface area (Å²) in [7, 11) is 19.9. The number of nitrogens with zero attached hydrogens (tertiary/aromatic N) is 2. The number of hydrogen-bond donors (Lipinski definition) is 0. The second-order valence-electron chi connectivity index (χ2n) is 3.55. The van der Waals surface area contributed by atoms with Crippen LogP contribution in [0.2, 0.25) is 0 Å². The van der Waals surface area contributed by atoms with Crippen LogP contribution in [0.3, 0.4) is 0 Å². The predicted molar refractivity (Wildman–Crippen MR) is 74.7 cm³/mol. The maximum absolute atomic E-state index is 4.98. The van der Waals surface area contributed by atoms with Gasteiger partial charge >= 0.3 is 49.6 Å². The minimum absolute atomic E-state index is 0.406. The van der Waals surface area contributed by atoms with Gasteiger partial charge in [-0.15, -0.1) is 25.2 Å². The molecule has 1 atom stereocenters. The van der Waals surface area contributed by atoms with Gasteiger partial charge < -0.3 is 10.6 Å². The molecule has 0 aliphatic carbocycles. The van der Waals surface area contributed by atoms with Crippen molar-refractivity contribution in [3.8, 4) is 0 Å². The molecule has 2 aliphatic heterocycles. The topological polar surface area (TPSA) is 28.2 Å². The first-order chi connectivity index (χ1) is 7.97. The summed E-state index contributed by atoms with van der Waals surface area (Å²) in [5.41, 5.74) is 1.19. The van der Waals surface area contributed by atoms with Crippen LogP contribution in [-0.2, 0) is 11.5 Å². The Bertz CT molecular complexity index is 277. The molecule has 104 valence electrons. The van der Waals surface area contributed by atoms with Crippen LogP contribution in [0.25, 0.3) is 10.6 Å². The molecule has 0 aromatic heterocycles. The third-order valence-corrected chi connectivity index (χ3v) is 2.36. The Morgan fingerprint density at radius 1 is 1.18 bits per heavy atom. The van der Waals surface area contributed by atoms with Crippen molar-refractivity contribution >= 4 is 38.1 Å². The van der Waals surface area contributed by atoms with Crippen molar-refractivity contribution in [2.24, 2.45) is 0 Å². The molecule has 0 aromatic rings. The Morgan fingerprint density at radius 3 is 2.35 bits per heavy atom. The molecule has 0 bridgehead atoms. The molecule has 2 heterocycles. The van der Waals surface area contributed by atoms with E-state index in [1.165, 1.54) is 25.0 Å². The van der Waals surface area contributed by atoms with Gasteiger partial charge in [-0.05, 0) is 0 Å².